The molecule has 0 aromatic rings. The maximum Gasteiger partial charge on any atom is 0.410 e. The lowest BCUT2D eigenvalue weighted by atomic mass is 10.0. The van der Waals surface area contributed by atoms with Crippen molar-refractivity contribution >= 4 is 6.09 Å². The zero-order valence-corrected chi connectivity index (χ0v) is 10.3. The summed E-state index contributed by atoms with van der Waals surface area (Å²) in [5.41, 5.74) is -0.593. The highest BCUT2D eigenvalue weighted by molar-refractivity contribution is 5.68. The van der Waals surface area contributed by atoms with E-state index < -0.39 is 23.5 Å². The molecule has 1 N–H and O–H groups in total. The third-order valence-electron chi connectivity index (χ3n) is 3.11. The number of carbonyl (C=O) groups excluding carboxylic acids is 1. The van der Waals surface area contributed by atoms with Crippen molar-refractivity contribution in [3.63, 3.8) is 0 Å². The summed E-state index contributed by atoms with van der Waals surface area (Å²) in [5, 5.41) is 2.76. The predicted molar refractivity (Wildman–Crippen MR) is 58.0 cm³/mol. The number of nitrogens with one attached hydrogen (secondary N) is 1. The molecule has 0 bridgehead atoms. The summed E-state index contributed by atoms with van der Waals surface area (Å²) in [5.74, 6) is -3.50. The second-order valence-electron chi connectivity index (χ2n) is 5.74. The van der Waals surface area contributed by atoms with Crippen LogP contribution in [0.4, 0.5) is 13.6 Å². The Bertz CT molecular complexity index is 328. The molecule has 2 atom stereocenters. The molecule has 0 aliphatic carbocycles. The number of carbonyl (C=O) groups is 1. The number of likely N-dealkylation sites (tertiary alicyclic amines) is 1. The number of ether oxygens (including phenoxy) is 1. The molecular formula is C11H18F2N2O2. The lowest BCUT2D eigenvalue weighted by Gasteiger charge is -2.25. The lowest BCUT2D eigenvalue weighted by Crippen LogP contribution is -2.39. The van der Waals surface area contributed by atoms with E-state index in [0.717, 1.165) is 0 Å². The molecule has 4 nitrogen and oxygen atoms in total. The van der Waals surface area contributed by atoms with E-state index in [2.05, 4.69) is 5.32 Å². The number of amides is 1. The quantitative estimate of drug-likeness (QED) is 0.705. The van der Waals surface area contributed by atoms with Crippen LogP contribution in [0.25, 0.3) is 0 Å². The van der Waals surface area contributed by atoms with Crippen LogP contribution in [0.5, 0.6) is 0 Å². The van der Waals surface area contributed by atoms with Gasteiger partial charge >= 0.3 is 6.09 Å². The number of fused-ring (bicyclic) bond motifs is 1. The van der Waals surface area contributed by atoms with Crippen molar-refractivity contribution in [1.82, 2.24) is 10.2 Å². The van der Waals surface area contributed by atoms with Gasteiger partial charge in [0.2, 0.25) is 0 Å². The highest BCUT2D eigenvalue weighted by Gasteiger charge is 2.55. The first-order chi connectivity index (χ1) is 7.69. The first kappa shape index (κ1) is 12.5. The van der Waals surface area contributed by atoms with Gasteiger partial charge in [0.25, 0.3) is 5.92 Å². The Morgan fingerprint density at radius 2 is 2.06 bits per heavy atom. The van der Waals surface area contributed by atoms with Gasteiger partial charge in [-0.05, 0) is 20.8 Å². The molecule has 0 spiro atoms. The number of alkyl halides is 2. The van der Waals surface area contributed by atoms with E-state index in [1.54, 1.807) is 20.8 Å². The number of halogens is 2. The van der Waals surface area contributed by atoms with Gasteiger partial charge in [-0.15, -0.1) is 0 Å². The van der Waals surface area contributed by atoms with Crippen LogP contribution in [-0.4, -0.2) is 48.2 Å². The average Bonchev–Trinajstić information content (AvgIpc) is 2.65. The molecule has 98 valence electrons. The molecule has 17 heavy (non-hydrogen) atoms. The molecule has 1 amide bonds. The maximum atomic E-state index is 13.4. The normalized spacial score (nSPS) is 31.5. The second kappa shape index (κ2) is 3.80. The third kappa shape index (κ3) is 2.51. The number of hydrogen-bond donors (Lipinski definition) is 1. The van der Waals surface area contributed by atoms with E-state index >= 15 is 0 Å². The topological polar surface area (TPSA) is 41.6 Å². The molecule has 2 aliphatic heterocycles. The molecular weight excluding hydrogens is 230 g/mol. The Morgan fingerprint density at radius 3 is 2.59 bits per heavy atom. The van der Waals surface area contributed by atoms with Crippen molar-refractivity contribution in [2.75, 3.05) is 19.6 Å². The zero-order valence-electron chi connectivity index (χ0n) is 10.3. The monoisotopic (exact) mass is 248 g/mol. The van der Waals surface area contributed by atoms with Crippen LogP contribution in [0.15, 0.2) is 0 Å². The fourth-order valence-electron chi connectivity index (χ4n) is 2.31. The smallest absolute Gasteiger partial charge is 0.410 e. The van der Waals surface area contributed by atoms with Crippen LogP contribution in [0.1, 0.15) is 20.8 Å². The molecule has 2 unspecified atom stereocenters. The lowest BCUT2D eigenvalue weighted by molar-refractivity contribution is -0.0262. The highest BCUT2D eigenvalue weighted by Crippen LogP contribution is 2.37. The van der Waals surface area contributed by atoms with E-state index in [1.807, 2.05) is 0 Å². The third-order valence-corrected chi connectivity index (χ3v) is 3.11. The Balaban J connectivity index is 1.97. The van der Waals surface area contributed by atoms with Gasteiger partial charge in [-0.1, -0.05) is 0 Å². The van der Waals surface area contributed by atoms with Gasteiger partial charge in [0.05, 0.1) is 12.5 Å². The first-order valence-corrected chi connectivity index (χ1v) is 5.78. The van der Waals surface area contributed by atoms with E-state index in [4.69, 9.17) is 4.74 Å². The molecule has 0 aromatic heterocycles. The minimum atomic E-state index is -2.72. The Kier molecular flexibility index (Phi) is 2.80. The van der Waals surface area contributed by atoms with Crippen molar-refractivity contribution < 1.29 is 18.3 Å². The fraction of sp³-hybridized carbons (Fsp3) is 0.909. The molecule has 2 heterocycles. The molecule has 0 aromatic carbocycles. The summed E-state index contributed by atoms with van der Waals surface area (Å²) in [6.45, 7) is 5.36. The van der Waals surface area contributed by atoms with Crippen molar-refractivity contribution in [2.24, 2.45) is 5.92 Å². The maximum absolute atomic E-state index is 13.4. The minimum Gasteiger partial charge on any atom is -0.444 e. The molecule has 2 aliphatic rings. The van der Waals surface area contributed by atoms with Gasteiger partial charge < -0.3 is 15.0 Å². The number of rotatable bonds is 0. The van der Waals surface area contributed by atoms with Crippen LogP contribution in [0, 0.1) is 5.92 Å². The fourth-order valence-corrected chi connectivity index (χ4v) is 2.31. The SMILES string of the molecule is CC(C)(C)OC(=O)N1CC2NCC(F)(F)C2C1. The molecule has 2 fully saturated rings. The Labute approximate surface area is 99.3 Å². The van der Waals surface area contributed by atoms with E-state index in [1.165, 1.54) is 4.90 Å². The van der Waals surface area contributed by atoms with Crippen LogP contribution in [0.3, 0.4) is 0 Å². The Morgan fingerprint density at radius 1 is 1.41 bits per heavy atom. The summed E-state index contributed by atoms with van der Waals surface area (Å²) < 4.78 is 32.0. The largest absolute Gasteiger partial charge is 0.444 e. The van der Waals surface area contributed by atoms with E-state index in [-0.39, 0.29) is 19.1 Å². The zero-order chi connectivity index (χ0) is 12.8. The van der Waals surface area contributed by atoms with Crippen molar-refractivity contribution in [3.8, 4) is 0 Å². The highest BCUT2D eigenvalue weighted by atomic mass is 19.3. The molecule has 2 saturated heterocycles. The van der Waals surface area contributed by atoms with E-state index in [0.29, 0.717) is 6.54 Å². The van der Waals surface area contributed by atoms with Gasteiger partial charge in [0, 0.05) is 19.1 Å². The average molecular weight is 248 g/mol. The number of hydrogen-bond acceptors (Lipinski definition) is 3. The van der Waals surface area contributed by atoms with Gasteiger partial charge in [0.1, 0.15) is 5.60 Å². The summed E-state index contributed by atoms with van der Waals surface area (Å²) in [7, 11) is 0. The summed E-state index contributed by atoms with van der Waals surface area (Å²) in [6, 6.07) is -0.308. The molecule has 6 heteroatoms. The standard InChI is InChI=1S/C11H18F2N2O2/c1-10(2,3)17-9(16)15-4-7-8(5-15)14-6-11(7,12)13/h7-8,14H,4-6H2,1-3H3. The van der Waals surface area contributed by atoms with Gasteiger partial charge in [0.15, 0.2) is 0 Å². The molecule has 0 saturated carbocycles. The van der Waals surface area contributed by atoms with Gasteiger partial charge in [-0.25, -0.2) is 13.6 Å². The number of nitrogens with zero attached hydrogens (tertiary/aromatic N) is 1. The van der Waals surface area contributed by atoms with Crippen molar-refractivity contribution in [1.29, 1.82) is 0 Å². The molecule has 2 rings (SSSR count). The van der Waals surface area contributed by atoms with Crippen LogP contribution in [0.2, 0.25) is 0 Å². The second-order valence-corrected chi connectivity index (χ2v) is 5.74. The van der Waals surface area contributed by atoms with Crippen LogP contribution in [-0.2, 0) is 4.74 Å². The Hall–Kier alpha value is -0.910. The minimum absolute atomic E-state index is 0.0690. The van der Waals surface area contributed by atoms with Crippen molar-refractivity contribution in [3.05, 3.63) is 0 Å². The van der Waals surface area contributed by atoms with Crippen molar-refractivity contribution in [2.45, 2.75) is 38.3 Å². The predicted octanol–water partition coefficient (Wildman–Crippen LogP) is 1.46. The van der Waals surface area contributed by atoms with Gasteiger partial charge in [-0.3, -0.25) is 0 Å². The first-order valence-electron chi connectivity index (χ1n) is 5.78. The van der Waals surface area contributed by atoms with E-state index in [9.17, 15) is 13.6 Å². The molecule has 0 radical (unpaired) electrons. The summed E-state index contributed by atoms with van der Waals surface area (Å²) >= 11 is 0. The van der Waals surface area contributed by atoms with Crippen LogP contribution < -0.4 is 5.32 Å². The summed E-state index contributed by atoms with van der Waals surface area (Å²) in [6.07, 6.45) is -0.510. The summed E-state index contributed by atoms with van der Waals surface area (Å²) in [4.78, 5) is 13.1. The van der Waals surface area contributed by atoms with Crippen LogP contribution >= 0.6 is 0 Å². The van der Waals surface area contributed by atoms with Gasteiger partial charge in [-0.2, -0.15) is 0 Å².